The number of amides is 2. The Morgan fingerprint density at radius 1 is 1.26 bits per heavy atom. The zero-order valence-corrected chi connectivity index (χ0v) is 20.4. The predicted molar refractivity (Wildman–Crippen MR) is 131 cm³/mol. The second-order valence-corrected chi connectivity index (χ2v) is 9.51. The molecule has 162 valence electrons. The molecule has 0 aromatic heterocycles. The maximum atomic E-state index is 12.3. The van der Waals surface area contributed by atoms with Gasteiger partial charge in [0.25, 0.3) is 11.8 Å². The third-order valence-electron chi connectivity index (χ3n) is 4.19. The van der Waals surface area contributed by atoms with Crippen molar-refractivity contribution in [3.05, 3.63) is 62.4 Å². The smallest absolute Gasteiger partial charge is 0.263 e. The number of nitrogens with zero attached hydrogens (tertiary/aromatic N) is 1. The van der Waals surface area contributed by atoms with Crippen molar-refractivity contribution in [1.82, 2.24) is 10.2 Å². The Morgan fingerprint density at radius 3 is 2.68 bits per heavy atom. The van der Waals surface area contributed by atoms with Gasteiger partial charge in [-0.2, -0.15) is 0 Å². The van der Waals surface area contributed by atoms with E-state index in [4.69, 9.17) is 33.3 Å². The highest BCUT2D eigenvalue weighted by atomic mass is 79.9. The number of rotatable bonds is 8. The largest absolute Gasteiger partial charge is 0.491 e. The van der Waals surface area contributed by atoms with E-state index in [0.29, 0.717) is 32.3 Å². The van der Waals surface area contributed by atoms with E-state index in [0.717, 1.165) is 10.0 Å². The van der Waals surface area contributed by atoms with E-state index in [1.54, 1.807) is 43.5 Å². The van der Waals surface area contributed by atoms with Crippen molar-refractivity contribution in [1.29, 1.82) is 0 Å². The molecule has 0 atom stereocenters. The van der Waals surface area contributed by atoms with Crippen molar-refractivity contribution in [2.75, 3.05) is 26.8 Å². The topological polar surface area (TPSA) is 67.9 Å². The summed E-state index contributed by atoms with van der Waals surface area (Å²) < 4.78 is 12.6. The fourth-order valence-electron chi connectivity index (χ4n) is 2.53. The number of hydrogen-bond acceptors (Lipinski definition) is 6. The van der Waals surface area contributed by atoms with Crippen molar-refractivity contribution in [2.45, 2.75) is 0 Å². The van der Waals surface area contributed by atoms with Gasteiger partial charge in [0.2, 0.25) is 0 Å². The van der Waals surface area contributed by atoms with Gasteiger partial charge >= 0.3 is 0 Å². The zero-order valence-electron chi connectivity index (χ0n) is 16.4. The van der Waals surface area contributed by atoms with Crippen LogP contribution in [-0.2, 0) is 9.59 Å². The molecule has 2 amide bonds. The Balaban J connectivity index is 1.54. The zero-order chi connectivity index (χ0) is 22.4. The summed E-state index contributed by atoms with van der Waals surface area (Å²) in [5, 5.41) is 3.19. The fourth-order valence-corrected chi connectivity index (χ4v) is 4.07. The molecule has 0 aliphatic carbocycles. The molecule has 0 spiro atoms. The molecule has 1 fully saturated rings. The van der Waals surface area contributed by atoms with Crippen molar-refractivity contribution >= 4 is 73.7 Å². The number of carbonyl (C=O) groups excluding carboxylic acids is 2. The number of halogens is 2. The Bertz CT molecular complexity index is 1030. The van der Waals surface area contributed by atoms with Crippen LogP contribution in [0.4, 0.5) is 0 Å². The summed E-state index contributed by atoms with van der Waals surface area (Å²) in [5.74, 6) is 0.764. The van der Waals surface area contributed by atoms with Crippen LogP contribution in [0.15, 0.2) is 51.8 Å². The van der Waals surface area contributed by atoms with Gasteiger partial charge in [0.1, 0.15) is 22.4 Å². The van der Waals surface area contributed by atoms with Gasteiger partial charge in [-0.25, -0.2) is 0 Å². The molecule has 1 saturated heterocycles. The third-order valence-corrected chi connectivity index (χ3v) is 6.09. The molecular formula is C21H18BrClN2O4S2. The number of benzene rings is 2. The van der Waals surface area contributed by atoms with E-state index >= 15 is 0 Å². The van der Waals surface area contributed by atoms with Gasteiger partial charge < -0.3 is 19.7 Å². The highest BCUT2D eigenvalue weighted by molar-refractivity contribution is 9.10. The fraction of sp³-hybridized carbons (Fsp3) is 0.190. The molecule has 0 radical (unpaired) electrons. The summed E-state index contributed by atoms with van der Waals surface area (Å²) in [6, 6.07) is 12.3. The number of ether oxygens (including phenoxy) is 2. The molecule has 2 aromatic rings. The minimum absolute atomic E-state index is 0.0833. The molecule has 3 rings (SSSR count). The second kappa shape index (κ2) is 11.0. The molecule has 31 heavy (non-hydrogen) atoms. The molecule has 0 unspecified atom stereocenters. The Kier molecular flexibility index (Phi) is 8.36. The van der Waals surface area contributed by atoms with Crippen LogP contribution in [0, 0.1) is 0 Å². The van der Waals surface area contributed by atoms with Gasteiger partial charge in [-0.3, -0.25) is 9.59 Å². The van der Waals surface area contributed by atoms with Gasteiger partial charge in [-0.1, -0.05) is 51.5 Å². The molecule has 1 heterocycles. The van der Waals surface area contributed by atoms with Crippen LogP contribution in [0.1, 0.15) is 5.56 Å². The SMILES string of the molecule is CN(CCOc1ccc(Br)cc1C=C1SC(=S)NC1=O)C(=O)COc1ccc(Cl)cc1. The van der Waals surface area contributed by atoms with Crippen LogP contribution in [-0.4, -0.2) is 47.8 Å². The Labute approximate surface area is 203 Å². The van der Waals surface area contributed by atoms with E-state index in [2.05, 4.69) is 21.2 Å². The summed E-state index contributed by atoms with van der Waals surface area (Å²) in [6.45, 7) is 0.562. The maximum absolute atomic E-state index is 12.3. The number of carbonyl (C=O) groups is 2. The van der Waals surface area contributed by atoms with E-state index in [1.165, 1.54) is 16.7 Å². The van der Waals surface area contributed by atoms with Crippen LogP contribution in [0.3, 0.4) is 0 Å². The lowest BCUT2D eigenvalue weighted by molar-refractivity contribution is -0.132. The number of nitrogens with one attached hydrogen (secondary N) is 1. The summed E-state index contributed by atoms with van der Waals surface area (Å²) in [4.78, 5) is 26.3. The number of hydrogen-bond donors (Lipinski definition) is 1. The summed E-state index contributed by atoms with van der Waals surface area (Å²) in [5.41, 5.74) is 0.733. The highest BCUT2D eigenvalue weighted by Gasteiger charge is 2.22. The molecule has 1 aliphatic heterocycles. The Morgan fingerprint density at radius 2 is 2.00 bits per heavy atom. The first-order valence-electron chi connectivity index (χ1n) is 9.11. The van der Waals surface area contributed by atoms with E-state index in [-0.39, 0.29) is 25.0 Å². The first kappa shape index (κ1) is 23.6. The van der Waals surface area contributed by atoms with Crippen LogP contribution < -0.4 is 14.8 Å². The van der Waals surface area contributed by atoms with Crippen molar-refractivity contribution in [2.24, 2.45) is 0 Å². The van der Waals surface area contributed by atoms with Crippen molar-refractivity contribution < 1.29 is 19.1 Å². The number of thiocarbonyl (C=S) groups is 1. The molecular weight excluding hydrogens is 524 g/mol. The van der Waals surface area contributed by atoms with Crippen LogP contribution >= 0.6 is 51.5 Å². The van der Waals surface area contributed by atoms with Crippen molar-refractivity contribution in [3.63, 3.8) is 0 Å². The third kappa shape index (κ3) is 6.96. The molecule has 2 aromatic carbocycles. The van der Waals surface area contributed by atoms with Gasteiger partial charge in [0.05, 0.1) is 11.4 Å². The highest BCUT2D eigenvalue weighted by Crippen LogP contribution is 2.31. The number of likely N-dealkylation sites (N-methyl/N-ethyl adjacent to an activating group) is 1. The van der Waals surface area contributed by atoms with E-state index in [9.17, 15) is 9.59 Å². The minimum Gasteiger partial charge on any atom is -0.491 e. The average Bonchev–Trinajstić information content (AvgIpc) is 3.05. The Hall–Kier alpha value is -2.07. The first-order valence-corrected chi connectivity index (χ1v) is 11.5. The summed E-state index contributed by atoms with van der Waals surface area (Å²) in [7, 11) is 1.68. The maximum Gasteiger partial charge on any atom is 0.263 e. The van der Waals surface area contributed by atoms with Gasteiger partial charge in [0.15, 0.2) is 6.61 Å². The second-order valence-electron chi connectivity index (χ2n) is 6.44. The molecule has 10 heteroatoms. The number of thioether (sulfide) groups is 1. The first-order chi connectivity index (χ1) is 14.8. The lowest BCUT2D eigenvalue weighted by Crippen LogP contribution is -2.34. The van der Waals surface area contributed by atoms with E-state index < -0.39 is 0 Å². The summed E-state index contributed by atoms with van der Waals surface area (Å²) in [6.07, 6.45) is 1.73. The lowest BCUT2D eigenvalue weighted by atomic mass is 10.2. The summed E-state index contributed by atoms with van der Waals surface area (Å²) >= 11 is 15.5. The quantitative estimate of drug-likeness (QED) is 0.392. The van der Waals surface area contributed by atoms with Crippen molar-refractivity contribution in [3.8, 4) is 11.5 Å². The monoisotopic (exact) mass is 540 g/mol. The van der Waals surface area contributed by atoms with Gasteiger partial charge in [0, 0.05) is 22.1 Å². The standard InChI is InChI=1S/C21H18BrClN2O4S2/c1-25(19(26)12-29-16-5-3-15(23)4-6-16)8-9-28-17-7-2-14(22)10-13(17)11-18-20(27)24-21(30)31-18/h2-7,10-11H,8-9,12H2,1H3,(H,24,27,30). The van der Waals surface area contributed by atoms with Crippen LogP contribution in [0.2, 0.25) is 5.02 Å². The normalized spacial score (nSPS) is 14.5. The molecule has 0 bridgehead atoms. The van der Waals surface area contributed by atoms with Gasteiger partial charge in [-0.15, -0.1) is 0 Å². The lowest BCUT2D eigenvalue weighted by Gasteiger charge is -2.18. The molecule has 1 N–H and O–H groups in total. The predicted octanol–water partition coefficient (Wildman–Crippen LogP) is 4.51. The van der Waals surface area contributed by atoms with Crippen LogP contribution in [0.25, 0.3) is 6.08 Å². The molecule has 6 nitrogen and oxygen atoms in total. The van der Waals surface area contributed by atoms with Gasteiger partial charge in [-0.05, 0) is 48.5 Å². The minimum atomic E-state index is -0.230. The molecule has 1 aliphatic rings. The van der Waals surface area contributed by atoms with E-state index in [1.807, 2.05) is 12.1 Å². The van der Waals surface area contributed by atoms with Crippen LogP contribution in [0.5, 0.6) is 11.5 Å². The molecule has 0 saturated carbocycles. The average molecular weight is 542 g/mol.